The number of carboxylic acid groups (broad SMARTS) is 1. The number of ether oxygens (including phenoxy) is 3. The lowest BCUT2D eigenvalue weighted by Gasteiger charge is -2.25. The maximum atomic E-state index is 12.5. The molecular weight excluding hydrogens is 440 g/mol. The summed E-state index contributed by atoms with van der Waals surface area (Å²) in [7, 11) is 0. The fraction of sp³-hybridized carbons (Fsp3) is 0.476. The van der Waals surface area contributed by atoms with E-state index in [-0.39, 0.29) is 19.8 Å². The number of alkyl carbamates (subject to hydrolysis) is 1. The lowest BCUT2D eigenvalue weighted by molar-refractivity contribution is -0.160. The molecule has 0 saturated carbocycles. The zero-order chi connectivity index (χ0) is 24.8. The molecule has 0 heterocycles. The van der Waals surface area contributed by atoms with Gasteiger partial charge in [0.05, 0.1) is 32.2 Å². The average molecular weight is 468 g/mol. The van der Waals surface area contributed by atoms with Crippen LogP contribution in [0.2, 0.25) is 0 Å². The molecule has 1 rings (SSSR count). The van der Waals surface area contributed by atoms with Gasteiger partial charge in [0.25, 0.3) is 0 Å². The van der Waals surface area contributed by atoms with Crippen molar-refractivity contribution in [2.45, 2.75) is 39.0 Å². The molecule has 0 aliphatic heterocycles. The maximum absolute atomic E-state index is 12.5. The number of carbonyl (C=O) groups is 5. The van der Waals surface area contributed by atoms with E-state index in [0.717, 1.165) is 0 Å². The van der Waals surface area contributed by atoms with Crippen LogP contribution in [-0.4, -0.2) is 72.0 Å². The van der Waals surface area contributed by atoms with Gasteiger partial charge < -0.3 is 35.1 Å². The number of carboxylic acids is 1. The van der Waals surface area contributed by atoms with E-state index in [4.69, 9.17) is 14.2 Å². The van der Waals surface area contributed by atoms with E-state index in [1.165, 1.54) is 13.8 Å². The van der Waals surface area contributed by atoms with Gasteiger partial charge in [-0.1, -0.05) is 30.3 Å². The Labute approximate surface area is 190 Å². The summed E-state index contributed by atoms with van der Waals surface area (Å²) in [4.78, 5) is 60.4. The fourth-order valence-corrected chi connectivity index (χ4v) is 2.68. The highest BCUT2D eigenvalue weighted by atomic mass is 16.6. The number of hydrogen-bond donors (Lipinski definition) is 4. The molecule has 0 spiro atoms. The van der Waals surface area contributed by atoms with Crippen molar-refractivity contribution in [2.24, 2.45) is 5.92 Å². The second-order valence-corrected chi connectivity index (χ2v) is 6.63. The zero-order valence-electron chi connectivity index (χ0n) is 18.3. The molecule has 0 fully saturated rings. The maximum Gasteiger partial charge on any atom is 0.408 e. The van der Waals surface area contributed by atoms with Crippen molar-refractivity contribution in [1.29, 1.82) is 0 Å². The summed E-state index contributed by atoms with van der Waals surface area (Å²) in [5.74, 6) is -6.24. The highest BCUT2D eigenvalue weighted by Gasteiger charge is 2.39. The first-order valence-corrected chi connectivity index (χ1v) is 10.2. The number of aliphatic carboxylic acids is 1. The van der Waals surface area contributed by atoms with Gasteiger partial charge >= 0.3 is 24.0 Å². The van der Waals surface area contributed by atoms with Crippen LogP contribution in [0.25, 0.3) is 0 Å². The van der Waals surface area contributed by atoms with E-state index in [2.05, 4.69) is 10.6 Å². The van der Waals surface area contributed by atoms with E-state index in [0.29, 0.717) is 5.56 Å². The van der Waals surface area contributed by atoms with E-state index in [1.54, 1.807) is 30.3 Å². The number of aliphatic hydroxyl groups is 1. The first-order valence-electron chi connectivity index (χ1n) is 10.2. The summed E-state index contributed by atoms with van der Waals surface area (Å²) >= 11 is 0. The van der Waals surface area contributed by atoms with Crippen molar-refractivity contribution in [1.82, 2.24) is 10.6 Å². The van der Waals surface area contributed by atoms with Crippen LogP contribution in [0.3, 0.4) is 0 Å². The molecule has 0 aliphatic carbocycles. The molecule has 33 heavy (non-hydrogen) atoms. The Morgan fingerprint density at radius 1 is 0.939 bits per heavy atom. The second-order valence-electron chi connectivity index (χ2n) is 6.63. The molecule has 0 unspecified atom stereocenters. The predicted molar refractivity (Wildman–Crippen MR) is 112 cm³/mol. The molecule has 12 heteroatoms. The number of esters is 2. The number of benzene rings is 1. The van der Waals surface area contributed by atoms with Gasteiger partial charge in [0.15, 0.2) is 0 Å². The molecule has 2 amide bonds. The zero-order valence-corrected chi connectivity index (χ0v) is 18.3. The van der Waals surface area contributed by atoms with Crippen LogP contribution in [0.1, 0.15) is 25.8 Å². The van der Waals surface area contributed by atoms with Crippen molar-refractivity contribution >= 4 is 29.9 Å². The molecule has 4 N–H and O–H groups in total. The van der Waals surface area contributed by atoms with Crippen LogP contribution in [0, 0.1) is 5.92 Å². The Morgan fingerprint density at radius 2 is 1.58 bits per heavy atom. The Morgan fingerprint density at radius 3 is 2.12 bits per heavy atom. The van der Waals surface area contributed by atoms with Gasteiger partial charge in [0, 0.05) is 0 Å². The van der Waals surface area contributed by atoms with Gasteiger partial charge in [0.1, 0.15) is 18.7 Å². The summed E-state index contributed by atoms with van der Waals surface area (Å²) < 4.78 is 14.5. The number of nitrogens with one attached hydrogen (secondary N) is 2. The third-order valence-corrected chi connectivity index (χ3v) is 4.25. The molecule has 182 valence electrons. The van der Waals surface area contributed by atoms with Crippen LogP contribution in [0.5, 0.6) is 0 Å². The average Bonchev–Trinajstić information content (AvgIpc) is 2.79. The van der Waals surface area contributed by atoms with Crippen LogP contribution < -0.4 is 10.6 Å². The van der Waals surface area contributed by atoms with E-state index in [9.17, 15) is 34.2 Å². The number of hydrogen-bond acceptors (Lipinski definition) is 9. The summed E-state index contributed by atoms with van der Waals surface area (Å²) in [5.41, 5.74) is 0.680. The number of aliphatic hydroxyl groups excluding tert-OH is 1. The minimum Gasteiger partial charge on any atom is -0.480 e. The first kappa shape index (κ1) is 27.4. The SMILES string of the molecule is CCOC(=O)C[C@@H](C(=O)OCC)[C@H](NC(=O)[C@H](CO)NC(=O)OCc1ccccc1)C(=O)O. The van der Waals surface area contributed by atoms with Gasteiger partial charge in [-0.15, -0.1) is 0 Å². The van der Waals surface area contributed by atoms with Crippen LogP contribution in [0.15, 0.2) is 30.3 Å². The minimum absolute atomic E-state index is 0.0000748. The van der Waals surface area contributed by atoms with Gasteiger partial charge in [0.2, 0.25) is 5.91 Å². The topological polar surface area (TPSA) is 178 Å². The molecule has 1 aromatic rings. The third-order valence-electron chi connectivity index (χ3n) is 4.25. The summed E-state index contributed by atoms with van der Waals surface area (Å²) in [6, 6.07) is 5.20. The number of rotatable bonds is 13. The molecule has 12 nitrogen and oxygen atoms in total. The Bertz CT molecular complexity index is 815. The number of amides is 2. The Kier molecular flexibility index (Phi) is 11.9. The fourth-order valence-electron chi connectivity index (χ4n) is 2.68. The normalized spacial score (nSPS) is 13.1. The molecule has 0 aliphatic rings. The molecule has 3 atom stereocenters. The molecular formula is C21H28N2O10. The van der Waals surface area contributed by atoms with Crippen molar-refractivity contribution in [2.75, 3.05) is 19.8 Å². The Balaban J connectivity index is 2.86. The van der Waals surface area contributed by atoms with Crippen molar-refractivity contribution in [3.8, 4) is 0 Å². The first-order chi connectivity index (χ1) is 15.7. The van der Waals surface area contributed by atoms with Gasteiger partial charge in [-0.2, -0.15) is 0 Å². The monoisotopic (exact) mass is 468 g/mol. The highest BCUT2D eigenvalue weighted by Crippen LogP contribution is 2.14. The van der Waals surface area contributed by atoms with Crippen LogP contribution in [-0.2, 0) is 40.0 Å². The van der Waals surface area contributed by atoms with Crippen LogP contribution in [0.4, 0.5) is 4.79 Å². The minimum atomic E-state index is -1.89. The van der Waals surface area contributed by atoms with E-state index < -0.39 is 60.9 Å². The Hall–Kier alpha value is -3.67. The van der Waals surface area contributed by atoms with Gasteiger partial charge in [-0.05, 0) is 19.4 Å². The smallest absolute Gasteiger partial charge is 0.408 e. The molecule has 0 bridgehead atoms. The lowest BCUT2D eigenvalue weighted by atomic mass is 9.95. The van der Waals surface area contributed by atoms with Crippen molar-refractivity contribution in [3.05, 3.63) is 35.9 Å². The molecule has 0 radical (unpaired) electrons. The summed E-state index contributed by atoms with van der Waals surface area (Å²) in [5, 5.41) is 23.2. The third kappa shape index (κ3) is 9.56. The van der Waals surface area contributed by atoms with Crippen molar-refractivity contribution in [3.63, 3.8) is 0 Å². The van der Waals surface area contributed by atoms with E-state index in [1.807, 2.05) is 0 Å². The quantitative estimate of drug-likeness (QED) is 0.227. The molecule has 0 saturated heterocycles. The van der Waals surface area contributed by atoms with Gasteiger partial charge in [-0.25, -0.2) is 9.59 Å². The van der Waals surface area contributed by atoms with Crippen LogP contribution >= 0.6 is 0 Å². The van der Waals surface area contributed by atoms with Crippen molar-refractivity contribution < 1.29 is 48.4 Å². The molecule has 1 aromatic carbocycles. The lowest BCUT2D eigenvalue weighted by Crippen LogP contribution is -2.56. The highest BCUT2D eigenvalue weighted by molar-refractivity contribution is 5.93. The summed E-state index contributed by atoms with van der Waals surface area (Å²) in [6.07, 6.45) is -1.70. The predicted octanol–water partition coefficient (Wildman–Crippen LogP) is -0.0244. The largest absolute Gasteiger partial charge is 0.480 e. The standard InChI is InChI=1S/C21H28N2O10/c1-3-31-16(25)10-14(20(29)32-4-2)17(19(27)28)23-18(26)15(11-24)22-21(30)33-12-13-8-6-5-7-9-13/h5-9,14-15,17,24H,3-4,10-12H2,1-2H3,(H,22,30)(H,23,26)(H,27,28)/t14-,15+,17+/m1/s1. The second kappa shape index (κ2) is 14.4. The molecule has 0 aromatic heterocycles. The van der Waals surface area contributed by atoms with Gasteiger partial charge in [-0.3, -0.25) is 14.4 Å². The van der Waals surface area contributed by atoms with E-state index >= 15 is 0 Å². The number of carbonyl (C=O) groups excluding carboxylic acids is 4. The summed E-state index contributed by atoms with van der Waals surface area (Å²) in [6.45, 7) is 1.93.